The number of nitrogens with one attached hydrogen (secondary N) is 1. The molecule has 1 atom stereocenters. The Morgan fingerprint density at radius 2 is 2.18 bits per heavy atom. The summed E-state index contributed by atoms with van der Waals surface area (Å²) in [5.74, 6) is -0.708. The van der Waals surface area contributed by atoms with Crippen LogP contribution in [0.5, 0.6) is 0 Å². The zero-order valence-electron chi connectivity index (χ0n) is 12.3. The molecule has 114 valence electrons. The van der Waals surface area contributed by atoms with Crippen LogP contribution in [0.25, 0.3) is 11.1 Å². The molecule has 0 radical (unpaired) electrons. The molecule has 0 saturated heterocycles. The number of fused-ring (bicyclic) bond motifs is 1. The first kappa shape index (κ1) is 14.1. The Labute approximate surface area is 126 Å². The van der Waals surface area contributed by atoms with Crippen LogP contribution >= 0.6 is 0 Å². The van der Waals surface area contributed by atoms with Crippen molar-refractivity contribution < 1.29 is 9.21 Å². The summed E-state index contributed by atoms with van der Waals surface area (Å²) in [6.07, 6.45) is 1.63. The van der Waals surface area contributed by atoms with Gasteiger partial charge in [0.25, 0.3) is 0 Å². The third kappa shape index (κ3) is 2.41. The van der Waals surface area contributed by atoms with Gasteiger partial charge < -0.3 is 9.32 Å². The molecule has 1 amide bonds. The van der Waals surface area contributed by atoms with Crippen LogP contribution in [0.2, 0.25) is 0 Å². The summed E-state index contributed by atoms with van der Waals surface area (Å²) < 4.78 is 6.55. The zero-order chi connectivity index (χ0) is 15.7. The number of oxazole rings is 1. The number of rotatable bonds is 4. The quantitative estimate of drug-likeness (QED) is 0.792. The van der Waals surface area contributed by atoms with Crippen LogP contribution in [0.15, 0.2) is 45.7 Å². The fourth-order valence-electron chi connectivity index (χ4n) is 2.49. The number of likely N-dealkylation sites (N-methyl/N-ethyl adjacent to an activating group) is 1. The normalized spacial score (nSPS) is 12.5. The summed E-state index contributed by atoms with van der Waals surface area (Å²) in [7, 11) is 1.69. The van der Waals surface area contributed by atoms with E-state index in [9.17, 15) is 9.59 Å². The van der Waals surface area contributed by atoms with Crippen molar-refractivity contribution in [3.63, 3.8) is 0 Å². The van der Waals surface area contributed by atoms with Crippen LogP contribution in [0.4, 0.5) is 0 Å². The van der Waals surface area contributed by atoms with Crippen LogP contribution < -0.4 is 5.76 Å². The number of H-pyrrole nitrogens is 1. The maximum absolute atomic E-state index is 12.6. The van der Waals surface area contributed by atoms with Crippen molar-refractivity contribution in [3.05, 3.63) is 52.8 Å². The summed E-state index contributed by atoms with van der Waals surface area (Å²) in [6.45, 7) is 2.09. The second-order valence-corrected chi connectivity index (χ2v) is 5.16. The molecule has 1 N–H and O–H groups in total. The molecule has 0 aliphatic carbocycles. The van der Waals surface area contributed by atoms with Crippen molar-refractivity contribution >= 4 is 17.0 Å². The zero-order valence-corrected chi connectivity index (χ0v) is 12.3. The molecule has 0 bridgehead atoms. The molecular weight excluding hydrogens is 284 g/mol. The summed E-state index contributed by atoms with van der Waals surface area (Å²) in [5.41, 5.74) is 1.92. The highest BCUT2D eigenvalue weighted by atomic mass is 16.4. The van der Waals surface area contributed by atoms with Crippen LogP contribution in [0.1, 0.15) is 18.7 Å². The molecule has 22 heavy (non-hydrogen) atoms. The second-order valence-electron chi connectivity index (χ2n) is 5.16. The van der Waals surface area contributed by atoms with Gasteiger partial charge in [-0.1, -0.05) is 12.1 Å². The van der Waals surface area contributed by atoms with Crippen molar-refractivity contribution in [2.75, 3.05) is 7.05 Å². The van der Waals surface area contributed by atoms with E-state index in [0.717, 1.165) is 5.69 Å². The van der Waals surface area contributed by atoms with Gasteiger partial charge in [-0.05, 0) is 25.1 Å². The number of nitrogens with zero attached hydrogens (tertiary/aromatic N) is 3. The van der Waals surface area contributed by atoms with Gasteiger partial charge in [0.05, 0.1) is 17.8 Å². The van der Waals surface area contributed by atoms with E-state index < -0.39 is 11.8 Å². The first-order valence-corrected chi connectivity index (χ1v) is 6.91. The van der Waals surface area contributed by atoms with Crippen molar-refractivity contribution in [2.45, 2.75) is 19.5 Å². The van der Waals surface area contributed by atoms with E-state index in [4.69, 9.17) is 4.42 Å². The molecule has 3 aromatic rings. The lowest BCUT2D eigenvalue weighted by Crippen LogP contribution is -2.35. The van der Waals surface area contributed by atoms with E-state index in [1.807, 2.05) is 0 Å². The average Bonchev–Trinajstić information content (AvgIpc) is 3.12. The fourth-order valence-corrected chi connectivity index (χ4v) is 2.49. The van der Waals surface area contributed by atoms with E-state index in [0.29, 0.717) is 17.6 Å². The number of aromatic nitrogens is 3. The molecule has 1 unspecified atom stereocenters. The Bertz CT molecular complexity index is 847. The molecule has 3 rings (SSSR count). The maximum Gasteiger partial charge on any atom is 0.420 e. The molecule has 2 heterocycles. The topological polar surface area (TPSA) is 84.1 Å². The highest BCUT2D eigenvalue weighted by Crippen LogP contribution is 2.18. The summed E-state index contributed by atoms with van der Waals surface area (Å²) in [4.78, 5) is 26.1. The molecule has 1 aromatic carbocycles. The van der Waals surface area contributed by atoms with Crippen molar-refractivity contribution in [2.24, 2.45) is 0 Å². The Hall–Kier alpha value is -2.83. The number of aromatic amines is 1. The molecule has 7 nitrogen and oxygen atoms in total. The van der Waals surface area contributed by atoms with Gasteiger partial charge in [-0.25, -0.2) is 4.79 Å². The molecule has 0 fully saturated rings. The minimum Gasteiger partial charge on any atom is -0.408 e. The number of benzene rings is 1. The molecular formula is C15H16N4O3. The number of carbonyl (C=O) groups excluding carboxylic acids is 1. The summed E-state index contributed by atoms with van der Waals surface area (Å²) in [6, 6.07) is 8.21. The Kier molecular flexibility index (Phi) is 3.54. The highest BCUT2D eigenvalue weighted by molar-refractivity contribution is 5.82. The molecule has 0 aliphatic rings. The fraction of sp³-hybridized carbons (Fsp3) is 0.267. The van der Waals surface area contributed by atoms with Crippen LogP contribution in [-0.4, -0.2) is 32.6 Å². The van der Waals surface area contributed by atoms with Crippen LogP contribution in [0.3, 0.4) is 0 Å². The summed E-state index contributed by atoms with van der Waals surface area (Å²) >= 11 is 0. The second kappa shape index (κ2) is 5.51. The van der Waals surface area contributed by atoms with Gasteiger partial charge in [-0.2, -0.15) is 5.10 Å². The Balaban J connectivity index is 1.88. The standard InChI is InChI=1S/C15H16N4O3/c1-10(14(20)18(2)9-11-7-8-16-17-11)19-12-5-3-4-6-13(12)22-15(19)21/h3-8,10H,9H2,1-2H3,(H,16,17). The van der Waals surface area contributed by atoms with Crippen molar-refractivity contribution in [1.82, 2.24) is 19.7 Å². The third-order valence-corrected chi connectivity index (χ3v) is 3.61. The maximum atomic E-state index is 12.6. The number of para-hydroxylation sites is 2. The number of carbonyl (C=O) groups is 1. The van der Waals surface area contributed by atoms with E-state index >= 15 is 0 Å². The van der Waals surface area contributed by atoms with Crippen LogP contribution in [0, 0.1) is 0 Å². The van der Waals surface area contributed by atoms with E-state index in [1.54, 1.807) is 55.4 Å². The monoisotopic (exact) mass is 300 g/mol. The lowest BCUT2D eigenvalue weighted by molar-refractivity contribution is -0.133. The molecule has 0 aliphatic heterocycles. The molecule has 2 aromatic heterocycles. The van der Waals surface area contributed by atoms with Gasteiger partial charge in [0, 0.05) is 13.2 Å². The van der Waals surface area contributed by atoms with Gasteiger partial charge in [-0.15, -0.1) is 0 Å². The smallest absolute Gasteiger partial charge is 0.408 e. The van der Waals surface area contributed by atoms with Gasteiger partial charge in [-0.3, -0.25) is 14.5 Å². The lowest BCUT2D eigenvalue weighted by Gasteiger charge is -2.21. The molecule has 0 saturated carbocycles. The predicted molar refractivity (Wildman–Crippen MR) is 80.2 cm³/mol. The average molecular weight is 300 g/mol. The van der Waals surface area contributed by atoms with E-state index in [-0.39, 0.29) is 5.91 Å². The predicted octanol–water partition coefficient (Wildman–Crippen LogP) is 1.54. The van der Waals surface area contributed by atoms with E-state index in [1.165, 1.54) is 4.57 Å². The van der Waals surface area contributed by atoms with Crippen molar-refractivity contribution in [1.29, 1.82) is 0 Å². The largest absolute Gasteiger partial charge is 0.420 e. The minimum absolute atomic E-state index is 0.178. The van der Waals surface area contributed by atoms with Crippen molar-refractivity contribution in [3.8, 4) is 0 Å². The molecule has 0 spiro atoms. The van der Waals surface area contributed by atoms with Gasteiger partial charge in [0.1, 0.15) is 6.04 Å². The van der Waals surface area contributed by atoms with Gasteiger partial charge >= 0.3 is 5.76 Å². The Morgan fingerprint density at radius 3 is 2.91 bits per heavy atom. The first-order valence-electron chi connectivity index (χ1n) is 6.91. The van der Waals surface area contributed by atoms with E-state index in [2.05, 4.69) is 10.2 Å². The number of hydrogen-bond acceptors (Lipinski definition) is 4. The molecule has 7 heteroatoms. The minimum atomic E-state index is -0.649. The Morgan fingerprint density at radius 1 is 1.41 bits per heavy atom. The van der Waals surface area contributed by atoms with Gasteiger partial charge in [0.15, 0.2) is 5.58 Å². The lowest BCUT2D eigenvalue weighted by atomic mass is 10.2. The SMILES string of the molecule is CC(C(=O)N(C)Cc1ccn[nH]1)n1c(=O)oc2ccccc21. The highest BCUT2D eigenvalue weighted by Gasteiger charge is 2.24. The summed E-state index contributed by atoms with van der Waals surface area (Å²) in [5, 5.41) is 6.66. The number of amides is 1. The van der Waals surface area contributed by atoms with Gasteiger partial charge in [0.2, 0.25) is 5.91 Å². The third-order valence-electron chi connectivity index (χ3n) is 3.61. The first-order chi connectivity index (χ1) is 10.6. The number of hydrogen-bond donors (Lipinski definition) is 1. The van der Waals surface area contributed by atoms with Crippen LogP contribution in [-0.2, 0) is 11.3 Å².